The summed E-state index contributed by atoms with van der Waals surface area (Å²) in [6, 6.07) is 14.0. The minimum absolute atomic E-state index is 0.0762. The molecule has 1 fully saturated rings. The van der Waals surface area contributed by atoms with Crippen molar-refractivity contribution in [2.45, 2.75) is 32.6 Å². The second kappa shape index (κ2) is 9.95. The van der Waals surface area contributed by atoms with Crippen molar-refractivity contribution in [2.75, 3.05) is 13.1 Å². The molecule has 4 heterocycles. The number of benzene rings is 1. The molecule has 0 unspecified atom stereocenters. The van der Waals surface area contributed by atoms with Gasteiger partial charge in [0, 0.05) is 55.1 Å². The van der Waals surface area contributed by atoms with Gasteiger partial charge in [0.25, 0.3) is 5.91 Å². The van der Waals surface area contributed by atoms with Crippen LogP contribution in [0.5, 0.6) is 0 Å². The summed E-state index contributed by atoms with van der Waals surface area (Å²) < 4.78 is 0. The molecule has 34 heavy (non-hydrogen) atoms. The van der Waals surface area contributed by atoms with Gasteiger partial charge in [-0.25, -0.2) is 9.97 Å². The van der Waals surface area contributed by atoms with E-state index in [4.69, 9.17) is 4.98 Å². The van der Waals surface area contributed by atoms with Gasteiger partial charge in [-0.1, -0.05) is 30.3 Å². The number of pyridine rings is 1. The van der Waals surface area contributed by atoms with Gasteiger partial charge in [-0.15, -0.1) is 0 Å². The van der Waals surface area contributed by atoms with Gasteiger partial charge in [0.15, 0.2) is 5.82 Å². The van der Waals surface area contributed by atoms with Crippen molar-refractivity contribution in [2.24, 2.45) is 5.92 Å². The van der Waals surface area contributed by atoms with E-state index in [9.17, 15) is 4.79 Å². The minimum Gasteiger partial charge on any atom is -0.341 e. The maximum atomic E-state index is 13.3. The maximum Gasteiger partial charge on any atom is 0.253 e. The number of likely N-dealkylation sites (tertiary alicyclic amines) is 1. The highest BCUT2D eigenvalue weighted by atomic mass is 16.2. The fourth-order valence-corrected chi connectivity index (χ4v) is 4.57. The number of carbonyl (C=O) groups excluding carboxylic acids is 1. The van der Waals surface area contributed by atoms with Gasteiger partial charge in [-0.3, -0.25) is 14.8 Å². The number of aromatic nitrogens is 5. The molecule has 172 valence electrons. The van der Waals surface area contributed by atoms with Crippen LogP contribution in [0, 0.1) is 12.8 Å². The largest absolute Gasteiger partial charge is 0.341 e. The van der Waals surface area contributed by atoms with Gasteiger partial charge in [-0.05, 0) is 49.8 Å². The highest BCUT2D eigenvalue weighted by Crippen LogP contribution is 2.23. The third kappa shape index (κ3) is 5.20. The molecule has 1 atom stereocenters. The molecule has 0 spiro atoms. The summed E-state index contributed by atoms with van der Waals surface area (Å²) in [6.07, 6.45) is 10.7. The van der Waals surface area contributed by atoms with Gasteiger partial charge < -0.3 is 9.88 Å². The second-order valence-electron chi connectivity index (χ2n) is 8.97. The molecule has 0 aliphatic carbocycles. The van der Waals surface area contributed by atoms with Crippen LogP contribution >= 0.6 is 0 Å². The molecule has 1 N–H and O–H groups in total. The quantitative estimate of drug-likeness (QED) is 0.472. The number of nitrogens with one attached hydrogen (secondary N) is 1. The molecule has 1 amide bonds. The van der Waals surface area contributed by atoms with E-state index in [0.717, 1.165) is 67.4 Å². The number of amides is 1. The van der Waals surface area contributed by atoms with E-state index in [1.165, 1.54) is 5.56 Å². The number of H-pyrrole nitrogens is 1. The lowest BCUT2D eigenvalue weighted by molar-refractivity contribution is 0.0672. The number of piperidine rings is 1. The van der Waals surface area contributed by atoms with Crippen LogP contribution in [-0.2, 0) is 12.8 Å². The Morgan fingerprint density at radius 2 is 1.97 bits per heavy atom. The van der Waals surface area contributed by atoms with Crippen molar-refractivity contribution in [1.82, 2.24) is 29.8 Å². The average molecular weight is 453 g/mol. The van der Waals surface area contributed by atoms with E-state index in [-0.39, 0.29) is 5.91 Å². The minimum atomic E-state index is 0.0762. The molecule has 7 heteroatoms. The smallest absolute Gasteiger partial charge is 0.253 e. The molecule has 3 aromatic heterocycles. The molecule has 5 rings (SSSR count). The van der Waals surface area contributed by atoms with E-state index in [2.05, 4.69) is 32.1 Å². The number of hydrogen-bond acceptors (Lipinski definition) is 5. The predicted octanol–water partition coefficient (Wildman–Crippen LogP) is 4.26. The summed E-state index contributed by atoms with van der Waals surface area (Å²) in [5.41, 5.74) is 5.47. The van der Waals surface area contributed by atoms with Crippen LogP contribution in [0.3, 0.4) is 0 Å². The van der Waals surface area contributed by atoms with Crippen LogP contribution in [0.2, 0.25) is 0 Å². The summed E-state index contributed by atoms with van der Waals surface area (Å²) in [5, 5.41) is 0. The van der Waals surface area contributed by atoms with Crippen molar-refractivity contribution in [3.63, 3.8) is 0 Å². The van der Waals surface area contributed by atoms with Crippen molar-refractivity contribution in [3.8, 4) is 11.5 Å². The molecule has 7 nitrogen and oxygen atoms in total. The highest BCUT2D eigenvalue weighted by Gasteiger charge is 2.25. The lowest BCUT2D eigenvalue weighted by Gasteiger charge is -2.32. The number of carbonyl (C=O) groups is 1. The molecular formula is C27H28N6O. The maximum absolute atomic E-state index is 13.3. The Morgan fingerprint density at radius 1 is 1.09 bits per heavy atom. The molecule has 1 aliphatic heterocycles. The lowest BCUT2D eigenvalue weighted by Crippen LogP contribution is -2.40. The third-order valence-electron chi connectivity index (χ3n) is 6.23. The zero-order chi connectivity index (χ0) is 23.3. The fourth-order valence-electron chi connectivity index (χ4n) is 4.57. The Balaban J connectivity index is 1.25. The molecular weight excluding hydrogens is 424 g/mol. The summed E-state index contributed by atoms with van der Waals surface area (Å²) in [5.74, 6) is 1.16. The van der Waals surface area contributed by atoms with Crippen LogP contribution < -0.4 is 0 Å². The third-order valence-corrected chi connectivity index (χ3v) is 6.23. The van der Waals surface area contributed by atoms with Crippen LogP contribution in [0.15, 0.2) is 67.3 Å². The number of aryl methyl sites for hydroxylation is 1. The first kappa shape index (κ1) is 21.9. The molecule has 1 saturated heterocycles. The monoisotopic (exact) mass is 452 g/mol. The first-order valence-electron chi connectivity index (χ1n) is 11.7. The van der Waals surface area contributed by atoms with E-state index < -0.39 is 0 Å². The summed E-state index contributed by atoms with van der Waals surface area (Å²) in [7, 11) is 0. The van der Waals surface area contributed by atoms with E-state index in [0.29, 0.717) is 11.5 Å². The number of imidazole rings is 1. The normalized spacial score (nSPS) is 15.9. The summed E-state index contributed by atoms with van der Waals surface area (Å²) in [4.78, 5) is 36.5. The van der Waals surface area contributed by atoms with Crippen LogP contribution in [-0.4, -0.2) is 48.8 Å². The van der Waals surface area contributed by atoms with Gasteiger partial charge in [-0.2, -0.15) is 0 Å². The van der Waals surface area contributed by atoms with E-state index in [1.54, 1.807) is 18.6 Å². The number of nitrogens with zero attached hydrogens (tertiary/aromatic N) is 5. The van der Waals surface area contributed by atoms with Crippen LogP contribution in [0.25, 0.3) is 11.5 Å². The average Bonchev–Trinajstić information content (AvgIpc) is 3.31. The van der Waals surface area contributed by atoms with Gasteiger partial charge in [0.05, 0.1) is 11.9 Å². The van der Waals surface area contributed by atoms with Crippen LogP contribution in [0.4, 0.5) is 0 Å². The fraction of sp³-hybridized carbons (Fsp3) is 0.296. The Bertz CT molecular complexity index is 1270. The Kier molecular flexibility index (Phi) is 6.42. The first-order valence-corrected chi connectivity index (χ1v) is 11.7. The molecule has 0 radical (unpaired) electrons. The summed E-state index contributed by atoms with van der Waals surface area (Å²) in [6.45, 7) is 3.47. The van der Waals surface area contributed by atoms with Crippen molar-refractivity contribution >= 4 is 5.91 Å². The predicted molar refractivity (Wildman–Crippen MR) is 130 cm³/mol. The first-order chi connectivity index (χ1) is 16.6. The van der Waals surface area contributed by atoms with Gasteiger partial charge >= 0.3 is 0 Å². The van der Waals surface area contributed by atoms with Gasteiger partial charge in [0.1, 0.15) is 5.69 Å². The standard InChI is InChI=1S/C27H28N6O/c1-19-15-30-26(31-19)25-17-28-16-24(32-25)13-21-8-5-11-33(18-21)27(34)22-9-10-29-23(14-22)12-20-6-3-2-4-7-20/h2-4,6-7,9-10,14-17,21H,5,8,11-13,18H2,1H3,(H,30,31)/t21-/m1/s1. The molecule has 0 bridgehead atoms. The zero-order valence-corrected chi connectivity index (χ0v) is 19.3. The molecule has 1 aliphatic rings. The van der Waals surface area contributed by atoms with Crippen molar-refractivity contribution in [1.29, 1.82) is 0 Å². The zero-order valence-electron chi connectivity index (χ0n) is 19.3. The lowest BCUT2D eigenvalue weighted by atomic mass is 9.93. The van der Waals surface area contributed by atoms with Crippen molar-refractivity contribution in [3.05, 3.63) is 95.5 Å². The van der Waals surface area contributed by atoms with Gasteiger partial charge in [0.2, 0.25) is 0 Å². The van der Waals surface area contributed by atoms with Crippen LogP contribution in [0.1, 0.15) is 45.8 Å². The second-order valence-corrected chi connectivity index (χ2v) is 8.97. The van der Waals surface area contributed by atoms with E-state index >= 15 is 0 Å². The summed E-state index contributed by atoms with van der Waals surface area (Å²) >= 11 is 0. The Labute approximate surface area is 199 Å². The number of hydrogen-bond donors (Lipinski definition) is 1. The van der Waals surface area contributed by atoms with Crippen molar-refractivity contribution < 1.29 is 4.79 Å². The Morgan fingerprint density at radius 3 is 2.79 bits per heavy atom. The number of aromatic amines is 1. The topological polar surface area (TPSA) is 87.7 Å². The number of rotatable bonds is 6. The Hall–Kier alpha value is -3.87. The molecule has 1 aromatic carbocycles. The highest BCUT2D eigenvalue weighted by molar-refractivity contribution is 5.94. The molecule has 0 saturated carbocycles. The van der Waals surface area contributed by atoms with E-state index in [1.807, 2.05) is 48.4 Å². The molecule has 4 aromatic rings. The SMILES string of the molecule is Cc1cnc(-c2cncc(C[C@H]3CCCN(C(=O)c4ccnc(Cc5ccccc5)c4)C3)n2)[nH]1.